The Balaban J connectivity index is 1.32. The first-order valence-corrected chi connectivity index (χ1v) is 10.6. The molecule has 2 saturated heterocycles. The number of nitrogens with zero attached hydrogens (tertiary/aromatic N) is 2. The van der Waals surface area contributed by atoms with E-state index < -0.39 is 0 Å². The molecule has 2 fully saturated rings. The summed E-state index contributed by atoms with van der Waals surface area (Å²) in [5.74, 6) is 0.327. The van der Waals surface area contributed by atoms with E-state index in [-0.39, 0.29) is 23.8 Å². The summed E-state index contributed by atoms with van der Waals surface area (Å²) in [7, 11) is 0. The van der Waals surface area contributed by atoms with Crippen LogP contribution in [-0.2, 0) is 9.59 Å². The predicted octanol–water partition coefficient (Wildman–Crippen LogP) is 4.30. The summed E-state index contributed by atoms with van der Waals surface area (Å²) in [5, 5.41) is 0. The zero-order valence-electron chi connectivity index (χ0n) is 16.7. The fourth-order valence-electron chi connectivity index (χ4n) is 4.47. The van der Waals surface area contributed by atoms with Crippen molar-refractivity contribution in [1.29, 1.82) is 0 Å². The van der Waals surface area contributed by atoms with Crippen LogP contribution in [0.2, 0.25) is 0 Å². The summed E-state index contributed by atoms with van der Waals surface area (Å²) in [4.78, 5) is 29.6. The van der Waals surface area contributed by atoms with E-state index in [1.165, 1.54) is 5.56 Å². The summed E-state index contributed by atoms with van der Waals surface area (Å²) >= 11 is 0. The Kier molecular flexibility index (Phi) is 6.09. The van der Waals surface area contributed by atoms with Crippen molar-refractivity contribution in [2.24, 2.45) is 5.92 Å². The van der Waals surface area contributed by atoms with Gasteiger partial charge < -0.3 is 9.80 Å². The van der Waals surface area contributed by atoms with Gasteiger partial charge in [-0.1, -0.05) is 60.7 Å². The molecule has 0 N–H and O–H groups in total. The predicted molar refractivity (Wildman–Crippen MR) is 115 cm³/mol. The third-order valence-electron chi connectivity index (χ3n) is 6.09. The lowest BCUT2D eigenvalue weighted by Gasteiger charge is -2.34. The highest BCUT2D eigenvalue weighted by atomic mass is 16.2. The molecular weight excluding hydrogens is 360 g/mol. The molecule has 1 unspecified atom stereocenters. The Labute approximate surface area is 172 Å². The van der Waals surface area contributed by atoms with E-state index >= 15 is 0 Å². The van der Waals surface area contributed by atoms with E-state index in [4.69, 9.17) is 0 Å². The Morgan fingerprint density at radius 3 is 2.17 bits per heavy atom. The van der Waals surface area contributed by atoms with Gasteiger partial charge in [-0.25, -0.2) is 0 Å². The van der Waals surface area contributed by atoms with Gasteiger partial charge in [-0.3, -0.25) is 9.59 Å². The zero-order chi connectivity index (χ0) is 20.1. The number of carbonyl (C=O) groups excluding carboxylic acids is 2. The van der Waals surface area contributed by atoms with Crippen molar-refractivity contribution in [3.8, 4) is 0 Å². The number of hydrogen-bond acceptors (Lipinski definition) is 2. The standard InChI is InChI=1S/C25H28N2O2/c28-24(14-13-20-8-3-1-4-9-20)26-18-15-22(16-19-26)25(29)27-17-7-12-23(27)21-10-5-2-6-11-21/h1-6,8-11,13-14,22-23H,7,12,15-19H2/b14-13+. The summed E-state index contributed by atoms with van der Waals surface area (Å²) in [6.07, 6.45) is 7.10. The van der Waals surface area contributed by atoms with Crippen LogP contribution in [0.4, 0.5) is 0 Å². The van der Waals surface area contributed by atoms with Gasteiger partial charge in [0.1, 0.15) is 0 Å². The van der Waals surface area contributed by atoms with E-state index in [0.29, 0.717) is 13.1 Å². The van der Waals surface area contributed by atoms with Gasteiger partial charge in [-0.2, -0.15) is 0 Å². The average Bonchev–Trinajstić information content (AvgIpc) is 3.28. The molecule has 0 spiro atoms. The minimum Gasteiger partial charge on any atom is -0.339 e. The van der Waals surface area contributed by atoms with E-state index in [2.05, 4.69) is 17.0 Å². The number of rotatable bonds is 4. The maximum absolute atomic E-state index is 13.2. The first-order valence-electron chi connectivity index (χ1n) is 10.6. The number of piperidine rings is 1. The maximum atomic E-state index is 13.2. The fourth-order valence-corrected chi connectivity index (χ4v) is 4.47. The molecule has 2 heterocycles. The van der Waals surface area contributed by atoms with Crippen molar-refractivity contribution >= 4 is 17.9 Å². The molecular formula is C25H28N2O2. The molecule has 2 aromatic rings. The zero-order valence-corrected chi connectivity index (χ0v) is 16.7. The van der Waals surface area contributed by atoms with Gasteiger partial charge in [-0.15, -0.1) is 0 Å². The van der Waals surface area contributed by atoms with Crippen LogP contribution in [0.3, 0.4) is 0 Å². The number of carbonyl (C=O) groups is 2. The van der Waals surface area contributed by atoms with Crippen LogP contribution >= 0.6 is 0 Å². The topological polar surface area (TPSA) is 40.6 Å². The van der Waals surface area contributed by atoms with Crippen LogP contribution in [-0.4, -0.2) is 41.2 Å². The molecule has 2 aromatic carbocycles. The lowest BCUT2D eigenvalue weighted by Crippen LogP contribution is -2.43. The van der Waals surface area contributed by atoms with Gasteiger partial charge in [0.15, 0.2) is 0 Å². The molecule has 2 aliphatic rings. The second-order valence-corrected chi connectivity index (χ2v) is 7.94. The van der Waals surface area contributed by atoms with Gasteiger partial charge in [0.25, 0.3) is 0 Å². The van der Waals surface area contributed by atoms with E-state index in [0.717, 1.165) is 37.8 Å². The largest absolute Gasteiger partial charge is 0.339 e. The van der Waals surface area contributed by atoms with E-state index in [9.17, 15) is 9.59 Å². The molecule has 4 nitrogen and oxygen atoms in total. The van der Waals surface area contributed by atoms with Crippen LogP contribution in [0.15, 0.2) is 66.7 Å². The highest BCUT2D eigenvalue weighted by Gasteiger charge is 2.35. The van der Waals surface area contributed by atoms with Gasteiger partial charge in [0, 0.05) is 31.6 Å². The Hall–Kier alpha value is -2.88. The smallest absolute Gasteiger partial charge is 0.246 e. The van der Waals surface area contributed by atoms with Crippen LogP contribution < -0.4 is 0 Å². The second kappa shape index (κ2) is 9.08. The normalized spacial score (nSPS) is 20.3. The molecule has 0 saturated carbocycles. The van der Waals surface area contributed by atoms with Gasteiger partial charge in [0.2, 0.25) is 11.8 Å². The first kappa shape index (κ1) is 19.4. The molecule has 1 atom stereocenters. The van der Waals surface area contributed by atoms with Crippen molar-refractivity contribution < 1.29 is 9.59 Å². The summed E-state index contributed by atoms with van der Waals surface area (Å²) in [6, 6.07) is 20.4. The summed E-state index contributed by atoms with van der Waals surface area (Å²) in [6.45, 7) is 2.15. The SMILES string of the molecule is O=C(/C=C/c1ccccc1)N1CCC(C(=O)N2CCCC2c2ccccc2)CC1. The molecule has 0 aromatic heterocycles. The van der Waals surface area contributed by atoms with Crippen LogP contribution in [0.5, 0.6) is 0 Å². The monoisotopic (exact) mass is 388 g/mol. The number of benzene rings is 2. The first-order chi connectivity index (χ1) is 14.2. The fraction of sp³-hybridized carbons (Fsp3) is 0.360. The Morgan fingerprint density at radius 1 is 0.828 bits per heavy atom. The molecule has 2 amide bonds. The van der Waals surface area contributed by atoms with Crippen molar-refractivity contribution in [1.82, 2.24) is 9.80 Å². The van der Waals surface area contributed by atoms with Gasteiger partial charge >= 0.3 is 0 Å². The molecule has 150 valence electrons. The minimum absolute atomic E-state index is 0.0291. The summed E-state index contributed by atoms with van der Waals surface area (Å²) in [5.41, 5.74) is 2.25. The van der Waals surface area contributed by atoms with Crippen LogP contribution in [0, 0.1) is 5.92 Å². The maximum Gasteiger partial charge on any atom is 0.246 e. The molecule has 0 radical (unpaired) electrons. The van der Waals surface area contributed by atoms with Crippen molar-refractivity contribution in [3.05, 3.63) is 77.9 Å². The molecule has 4 rings (SSSR count). The third kappa shape index (κ3) is 4.58. The quantitative estimate of drug-likeness (QED) is 0.733. The van der Waals surface area contributed by atoms with Crippen LogP contribution in [0.1, 0.15) is 42.9 Å². The molecule has 2 aliphatic heterocycles. The number of likely N-dealkylation sites (tertiary alicyclic amines) is 2. The molecule has 29 heavy (non-hydrogen) atoms. The highest BCUT2D eigenvalue weighted by Crippen LogP contribution is 2.34. The number of hydrogen-bond donors (Lipinski definition) is 0. The van der Waals surface area contributed by atoms with Crippen molar-refractivity contribution in [2.45, 2.75) is 31.7 Å². The lowest BCUT2D eigenvalue weighted by atomic mass is 9.94. The average molecular weight is 389 g/mol. The van der Waals surface area contributed by atoms with Crippen molar-refractivity contribution in [3.63, 3.8) is 0 Å². The summed E-state index contributed by atoms with van der Waals surface area (Å²) < 4.78 is 0. The third-order valence-corrected chi connectivity index (χ3v) is 6.09. The Bertz CT molecular complexity index is 855. The second-order valence-electron chi connectivity index (χ2n) is 7.94. The minimum atomic E-state index is 0.0291. The van der Waals surface area contributed by atoms with Crippen molar-refractivity contribution in [2.75, 3.05) is 19.6 Å². The number of amides is 2. The molecule has 0 aliphatic carbocycles. The Morgan fingerprint density at radius 2 is 1.48 bits per heavy atom. The van der Waals surface area contributed by atoms with E-state index in [1.807, 2.05) is 59.5 Å². The highest BCUT2D eigenvalue weighted by molar-refractivity contribution is 5.92. The molecule has 0 bridgehead atoms. The van der Waals surface area contributed by atoms with E-state index in [1.54, 1.807) is 6.08 Å². The van der Waals surface area contributed by atoms with Gasteiger partial charge in [0.05, 0.1) is 6.04 Å². The van der Waals surface area contributed by atoms with Crippen LogP contribution in [0.25, 0.3) is 6.08 Å². The van der Waals surface area contributed by atoms with Gasteiger partial charge in [-0.05, 0) is 42.9 Å². The molecule has 4 heteroatoms. The lowest BCUT2D eigenvalue weighted by molar-refractivity contribution is -0.140.